The fourth-order valence-electron chi connectivity index (χ4n) is 3.75. The van der Waals surface area contributed by atoms with Gasteiger partial charge in [-0.05, 0) is 31.5 Å². The van der Waals surface area contributed by atoms with E-state index in [2.05, 4.69) is 15.5 Å². The smallest absolute Gasteiger partial charge is 0.253 e. The van der Waals surface area contributed by atoms with Gasteiger partial charge in [0.2, 0.25) is 5.91 Å². The van der Waals surface area contributed by atoms with Crippen LogP contribution in [0.1, 0.15) is 24.8 Å². The standard InChI is InChI=1S/C22H32N4O4.ClH/c1-25(2)22(29)17(15-16-9-5-3-6-10-16)24-21(28)19-18(30-19)20(27)23-11-14-26-12-7-4-8-13-26;/h3,5-6,9-10,17-19H,4,7-8,11-15H2,1-2H3,(H,23,27)(H,24,28);1H/t17-,18-,19-;/m0./s1. The van der Waals surface area contributed by atoms with Crippen LogP contribution in [0.2, 0.25) is 0 Å². The van der Waals surface area contributed by atoms with Crippen molar-refractivity contribution in [2.75, 3.05) is 40.3 Å². The van der Waals surface area contributed by atoms with Crippen molar-refractivity contribution < 1.29 is 19.1 Å². The molecule has 9 heteroatoms. The van der Waals surface area contributed by atoms with Gasteiger partial charge in [0.15, 0.2) is 12.2 Å². The highest BCUT2D eigenvalue weighted by Crippen LogP contribution is 2.23. The molecule has 3 rings (SSSR count). The Bertz CT molecular complexity index is 740. The number of halogens is 1. The maximum Gasteiger partial charge on any atom is 0.253 e. The molecule has 0 aliphatic carbocycles. The van der Waals surface area contributed by atoms with E-state index in [1.54, 1.807) is 14.1 Å². The van der Waals surface area contributed by atoms with Crippen molar-refractivity contribution in [2.24, 2.45) is 0 Å². The van der Waals surface area contributed by atoms with Gasteiger partial charge in [0, 0.05) is 33.6 Å². The number of piperidine rings is 1. The number of likely N-dealkylation sites (N-methyl/N-ethyl adjacent to an activating group) is 1. The Morgan fingerprint density at radius 1 is 1.06 bits per heavy atom. The zero-order valence-corrected chi connectivity index (χ0v) is 19.0. The molecular formula is C22H33ClN4O4. The van der Waals surface area contributed by atoms with Crippen LogP contribution < -0.4 is 10.6 Å². The van der Waals surface area contributed by atoms with Crippen molar-refractivity contribution in [1.29, 1.82) is 0 Å². The van der Waals surface area contributed by atoms with Gasteiger partial charge in [0.25, 0.3) is 11.8 Å². The molecule has 0 unspecified atom stereocenters. The van der Waals surface area contributed by atoms with Crippen LogP contribution in [-0.2, 0) is 25.5 Å². The van der Waals surface area contributed by atoms with Gasteiger partial charge in [0.05, 0.1) is 0 Å². The van der Waals surface area contributed by atoms with E-state index < -0.39 is 24.2 Å². The number of carbonyl (C=O) groups excluding carboxylic acids is 3. The predicted octanol–water partition coefficient (Wildman–Crippen LogP) is 0.593. The third-order valence-electron chi connectivity index (χ3n) is 5.52. The molecule has 3 atom stereocenters. The van der Waals surface area contributed by atoms with E-state index in [0.717, 1.165) is 25.2 Å². The quantitative estimate of drug-likeness (QED) is 0.535. The van der Waals surface area contributed by atoms with Crippen molar-refractivity contribution >= 4 is 30.1 Å². The molecule has 2 aliphatic rings. The fraction of sp³-hybridized carbons (Fsp3) is 0.591. The van der Waals surface area contributed by atoms with Gasteiger partial charge in [0.1, 0.15) is 6.04 Å². The van der Waals surface area contributed by atoms with Crippen molar-refractivity contribution in [3.63, 3.8) is 0 Å². The number of hydrogen-bond acceptors (Lipinski definition) is 5. The third kappa shape index (κ3) is 7.48. The zero-order valence-electron chi connectivity index (χ0n) is 18.2. The van der Waals surface area contributed by atoms with Crippen LogP contribution in [0.4, 0.5) is 0 Å². The molecule has 0 saturated carbocycles. The number of rotatable bonds is 9. The number of likely N-dealkylation sites (tertiary alicyclic amines) is 1. The summed E-state index contributed by atoms with van der Waals surface area (Å²) in [5, 5.41) is 5.61. The Morgan fingerprint density at radius 3 is 2.35 bits per heavy atom. The summed E-state index contributed by atoms with van der Waals surface area (Å²) in [6.07, 6.45) is 2.45. The van der Waals surface area contributed by atoms with Crippen molar-refractivity contribution in [3.05, 3.63) is 35.9 Å². The topological polar surface area (TPSA) is 94.3 Å². The van der Waals surface area contributed by atoms with Crippen LogP contribution in [0.3, 0.4) is 0 Å². The van der Waals surface area contributed by atoms with Crippen LogP contribution in [-0.4, -0.2) is 86.0 Å². The summed E-state index contributed by atoms with van der Waals surface area (Å²) < 4.78 is 5.31. The summed E-state index contributed by atoms with van der Waals surface area (Å²) in [5.41, 5.74) is 0.946. The fourth-order valence-corrected chi connectivity index (χ4v) is 3.75. The van der Waals surface area contributed by atoms with E-state index in [9.17, 15) is 14.4 Å². The third-order valence-corrected chi connectivity index (χ3v) is 5.52. The molecule has 31 heavy (non-hydrogen) atoms. The molecule has 172 valence electrons. The molecule has 2 N–H and O–H groups in total. The molecule has 2 fully saturated rings. The monoisotopic (exact) mass is 452 g/mol. The molecule has 2 aliphatic heterocycles. The van der Waals surface area contributed by atoms with Crippen molar-refractivity contribution in [1.82, 2.24) is 20.4 Å². The largest absolute Gasteiger partial charge is 0.352 e. The van der Waals surface area contributed by atoms with Crippen molar-refractivity contribution in [2.45, 2.75) is 43.9 Å². The molecule has 1 aromatic rings. The predicted molar refractivity (Wildman–Crippen MR) is 120 cm³/mol. The first kappa shape index (κ1) is 25.1. The van der Waals surface area contributed by atoms with Crippen LogP contribution in [0.15, 0.2) is 30.3 Å². The number of amides is 3. The first-order valence-electron chi connectivity index (χ1n) is 10.7. The number of nitrogens with one attached hydrogen (secondary N) is 2. The van der Waals surface area contributed by atoms with Crippen molar-refractivity contribution in [3.8, 4) is 0 Å². The summed E-state index contributed by atoms with van der Waals surface area (Å²) in [5.74, 6) is -0.900. The normalized spacial score (nSPS) is 21.4. The molecular weight excluding hydrogens is 420 g/mol. The molecule has 0 aromatic heterocycles. The highest BCUT2D eigenvalue weighted by molar-refractivity contribution is 5.97. The number of carbonyl (C=O) groups is 3. The van der Waals surface area contributed by atoms with E-state index in [4.69, 9.17) is 4.74 Å². The summed E-state index contributed by atoms with van der Waals surface area (Å²) in [7, 11) is 3.30. The average molecular weight is 453 g/mol. The van der Waals surface area contributed by atoms with Gasteiger partial charge in [-0.2, -0.15) is 0 Å². The van der Waals surface area contributed by atoms with Gasteiger partial charge in [-0.15, -0.1) is 12.4 Å². The Hall–Kier alpha value is -2.16. The lowest BCUT2D eigenvalue weighted by Gasteiger charge is -2.26. The Labute approximate surface area is 190 Å². The van der Waals surface area contributed by atoms with Gasteiger partial charge >= 0.3 is 0 Å². The average Bonchev–Trinajstić information content (AvgIpc) is 3.55. The minimum absolute atomic E-state index is 0. The highest BCUT2D eigenvalue weighted by Gasteiger charge is 2.50. The van der Waals surface area contributed by atoms with Crippen LogP contribution in [0.5, 0.6) is 0 Å². The minimum Gasteiger partial charge on any atom is -0.352 e. The summed E-state index contributed by atoms with van der Waals surface area (Å²) in [4.78, 5) is 41.2. The summed E-state index contributed by atoms with van der Waals surface area (Å²) in [6, 6.07) is 8.80. The number of nitrogens with zero attached hydrogens (tertiary/aromatic N) is 2. The van der Waals surface area contributed by atoms with Crippen LogP contribution in [0, 0.1) is 0 Å². The Kier molecular flexibility index (Phi) is 9.74. The molecule has 3 amide bonds. The first-order chi connectivity index (χ1) is 14.5. The minimum atomic E-state index is -0.840. The first-order valence-corrected chi connectivity index (χ1v) is 10.7. The molecule has 0 bridgehead atoms. The number of epoxide rings is 1. The Morgan fingerprint density at radius 2 is 1.71 bits per heavy atom. The maximum atomic E-state index is 12.6. The van der Waals surface area contributed by atoms with Gasteiger partial charge in [-0.25, -0.2) is 0 Å². The summed E-state index contributed by atoms with van der Waals surface area (Å²) in [6.45, 7) is 3.50. The number of hydrogen-bond donors (Lipinski definition) is 2. The molecule has 2 heterocycles. The number of benzene rings is 1. The zero-order chi connectivity index (χ0) is 21.5. The lowest BCUT2D eigenvalue weighted by molar-refractivity contribution is -0.134. The SMILES string of the molecule is CN(C)C(=O)[C@H](Cc1ccccc1)NC(=O)[C@H]1O[C@@H]1C(=O)NCCN1CCCCC1.Cl. The van der Waals surface area contributed by atoms with E-state index in [0.29, 0.717) is 13.0 Å². The maximum absolute atomic E-state index is 12.6. The van der Waals surface area contributed by atoms with Gasteiger partial charge < -0.3 is 25.2 Å². The molecule has 1 aromatic carbocycles. The van der Waals surface area contributed by atoms with E-state index in [-0.39, 0.29) is 24.2 Å². The summed E-state index contributed by atoms with van der Waals surface area (Å²) >= 11 is 0. The van der Waals surface area contributed by atoms with Gasteiger partial charge in [-0.1, -0.05) is 36.8 Å². The molecule has 0 spiro atoms. The van der Waals surface area contributed by atoms with Gasteiger partial charge in [-0.3, -0.25) is 14.4 Å². The molecule has 2 saturated heterocycles. The lowest BCUT2D eigenvalue weighted by Crippen LogP contribution is -2.49. The second-order valence-corrected chi connectivity index (χ2v) is 8.15. The molecule has 0 radical (unpaired) electrons. The van der Waals surface area contributed by atoms with E-state index in [1.807, 2.05) is 30.3 Å². The van der Waals surface area contributed by atoms with E-state index >= 15 is 0 Å². The highest BCUT2D eigenvalue weighted by atomic mass is 35.5. The molecule has 8 nitrogen and oxygen atoms in total. The lowest BCUT2D eigenvalue weighted by atomic mass is 10.0. The van der Waals surface area contributed by atoms with Crippen LogP contribution in [0.25, 0.3) is 0 Å². The van der Waals surface area contributed by atoms with E-state index in [1.165, 1.54) is 24.2 Å². The van der Waals surface area contributed by atoms with Crippen LogP contribution >= 0.6 is 12.4 Å². The second kappa shape index (κ2) is 12.0. The second-order valence-electron chi connectivity index (χ2n) is 8.15. The Balaban J connectivity index is 0.00000341. The number of ether oxygens (including phenoxy) is 1.